The van der Waals surface area contributed by atoms with E-state index in [1.165, 1.54) is 36.0 Å². The Morgan fingerprint density at radius 2 is 1.88 bits per heavy atom. The van der Waals surface area contributed by atoms with Crippen molar-refractivity contribution in [2.45, 2.75) is 46.0 Å². The van der Waals surface area contributed by atoms with Gasteiger partial charge in [0.25, 0.3) is 11.6 Å². The van der Waals surface area contributed by atoms with E-state index >= 15 is 0 Å². The van der Waals surface area contributed by atoms with E-state index in [1.54, 1.807) is 5.41 Å². The number of carbonyl (C=O) groups excluding carboxylic acids is 2. The zero-order chi connectivity index (χ0) is 23.7. The number of halogens is 1. The van der Waals surface area contributed by atoms with E-state index in [1.807, 2.05) is 18.7 Å². The average Bonchev–Trinajstić information content (AvgIpc) is 2.81. The molecule has 0 aromatic heterocycles. The molecule has 0 radical (unpaired) electrons. The number of benzene rings is 1. The average molecular weight is 522 g/mol. The van der Waals surface area contributed by atoms with Gasteiger partial charge in [-0.3, -0.25) is 19.7 Å². The number of carbonyl (C=O) groups is 2. The summed E-state index contributed by atoms with van der Waals surface area (Å²) in [4.78, 5) is 39.0. The van der Waals surface area contributed by atoms with E-state index in [9.17, 15) is 19.7 Å². The third-order valence-corrected chi connectivity index (χ3v) is 7.32. The molecule has 172 valence electrons. The molecule has 1 aromatic carbocycles. The molecule has 1 fully saturated rings. The van der Waals surface area contributed by atoms with Crippen LogP contribution in [0.5, 0.6) is 0 Å². The number of hydrogen-bond donors (Lipinski definition) is 1. The lowest BCUT2D eigenvalue weighted by atomic mass is 10.1. The summed E-state index contributed by atoms with van der Waals surface area (Å²) in [5.74, 6) is -0.479. The van der Waals surface area contributed by atoms with Gasteiger partial charge in [-0.15, -0.1) is 0 Å². The summed E-state index contributed by atoms with van der Waals surface area (Å²) in [7, 11) is 0. The Labute approximate surface area is 201 Å². The summed E-state index contributed by atoms with van der Waals surface area (Å²) in [5.41, 5.74) is 1.73. The van der Waals surface area contributed by atoms with Gasteiger partial charge in [0.1, 0.15) is 0 Å². The number of nitrogens with one attached hydrogen (secondary N) is 1. The molecular weight excluding hydrogens is 494 g/mol. The van der Waals surface area contributed by atoms with Gasteiger partial charge in [-0.1, -0.05) is 30.8 Å². The molecule has 0 aliphatic carbocycles. The lowest BCUT2D eigenvalue weighted by Gasteiger charge is -2.27. The molecule has 32 heavy (non-hydrogen) atoms. The Morgan fingerprint density at radius 3 is 2.41 bits per heavy atom. The topological polar surface area (TPSA) is 92.6 Å². The quantitative estimate of drug-likeness (QED) is 0.248. The second-order valence-electron chi connectivity index (χ2n) is 7.42. The molecular formula is C23H28BrN3O4S. The molecule has 0 saturated carbocycles. The first-order chi connectivity index (χ1) is 15.3. The van der Waals surface area contributed by atoms with Gasteiger partial charge in [0, 0.05) is 41.4 Å². The fourth-order valence-electron chi connectivity index (χ4n) is 3.25. The minimum Gasteiger partial charge on any atom is -0.342 e. The number of amides is 2. The molecule has 1 aliphatic heterocycles. The van der Waals surface area contributed by atoms with Gasteiger partial charge in [-0.25, -0.2) is 0 Å². The molecule has 1 saturated heterocycles. The number of nitrogens with zero attached hydrogens (tertiary/aromatic N) is 2. The highest BCUT2D eigenvalue weighted by atomic mass is 79.9. The number of allylic oxidation sites excluding steroid dienone is 2. The van der Waals surface area contributed by atoms with Crippen LogP contribution in [0, 0.1) is 10.1 Å². The molecule has 2 amide bonds. The molecule has 0 spiro atoms. The number of nitro groups is 1. The van der Waals surface area contributed by atoms with Crippen LogP contribution in [0.1, 0.15) is 56.3 Å². The van der Waals surface area contributed by atoms with Crippen LogP contribution in [-0.2, 0) is 4.79 Å². The van der Waals surface area contributed by atoms with Crippen LogP contribution in [0.4, 0.5) is 5.69 Å². The number of nitro benzene ring substituents is 1. The Kier molecular flexibility index (Phi) is 10.2. The highest BCUT2D eigenvalue weighted by Gasteiger charge is 2.22. The van der Waals surface area contributed by atoms with Crippen molar-refractivity contribution >= 4 is 45.2 Å². The van der Waals surface area contributed by atoms with Gasteiger partial charge in [-0.2, -0.15) is 0 Å². The lowest BCUT2D eigenvalue weighted by Crippen LogP contribution is -2.37. The molecule has 7 nitrogen and oxygen atoms in total. The van der Waals surface area contributed by atoms with Crippen molar-refractivity contribution in [1.82, 2.24) is 10.2 Å². The van der Waals surface area contributed by atoms with Gasteiger partial charge < -0.3 is 10.2 Å². The van der Waals surface area contributed by atoms with Gasteiger partial charge in [0.05, 0.1) is 15.8 Å². The van der Waals surface area contributed by atoms with Crippen LogP contribution in [0.25, 0.3) is 0 Å². The highest BCUT2D eigenvalue weighted by molar-refractivity contribution is 9.12. The van der Waals surface area contributed by atoms with E-state index in [0.29, 0.717) is 10.2 Å². The summed E-state index contributed by atoms with van der Waals surface area (Å²) >= 11 is 5.04. The Balaban J connectivity index is 2.37. The van der Waals surface area contributed by atoms with E-state index in [2.05, 4.69) is 27.8 Å². The molecule has 0 bridgehead atoms. The summed E-state index contributed by atoms with van der Waals surface area (Å²) in [6, 6.07) is 5.37. The van der Waals surface area contributed by atoms with Crippen LogP contribution >= 0.6 is 27.7 Å². The van der Waals surface area contributed by atoms with Crippen LogP contribution < -0.4 is 5.32 Å². The molecule has 1 N–H and O–H groups in total. The number of hydrogen-bond acceptors (Lipinski definition) is 5. The fourth-order valence-corrected chi connectivity index (χ4v) is 4.84. The minimum atomic E-state index is -0.516. The molecule has 1 heterocycles. The normalized spacial score (nSPS) is 15.4. The van der Waals surface area contributed by atoms with Gasteiger partial charge in [-0.05, 0) is 66.1 Å². The molecule has 9 heteroatoms. The molecule has 0 unspecified atom stereocenters. The minimum absolute atomic E-state index is 0.0392. The van der Waals surface area contributed by atoms with Crippen LogP contribution in [0.3, 0.4) is 0 Å². The van der Waals surface area contributed by atoms with Crippen molar-refractivity contribution in [3.05, 3.63) is 72.6 Å². The zero-order valence-corrected chi connectivity index (χ0v) is 20.8. The molecule has 2 rings (SSSR count). The molecule has 1 aliphatic rings. The number of piperidine rings is 1. The maximum absolute atomic E-state index is 13.0. The molecule has 0 atom stereocenters. The number of rotatable bonds is 9. The smallest absolute Gasteiger partial charge is 0.269 e. The van der Waals surface area contributed by atoms with Crippen molar-refractivity contribution < 1.29 is 14.5 Å². The maximum atomic E-state index is 13.0. The standard InChI is InChI=1S/C23H28BrN3O4S/c1-4-16(3)22(32-5-2)21(24)19(15-20(28)26-13-7-6-8-14-26)25-23(29)17-9-11-18(12-10-17)27(30)31/h5,9-12H,2,4,6-8,13-15H2,1,3H3,(H,25,29)/b21-19+,22-16?. The first-order valence-electron chi connectivity index (χ1n) is 10.5. The zero-order valence-electron chi connectivity index (χ0n) is 18.4. The summed E-state index contributed by atoms with van der Waals surface area (Å²) in [5, 5.41) is 15.5. The van der Waals surface area contributed by atoms with Crippen LogP contribution in [0.2, 0.25) is 0 Å². The SMILES string of the molecule is C=CSC(=C(C)CC)/C(Br)=C(/CC(=O)N1CCCCC1)NC(=O)c1ccc([N+](=O)[O-])cc1. The van der Waals surface area contributed by atoms with E-state index < -0.39 is 10.8 Å². The number of thioether (sulfide) groups is 1. The number of likely N-dealkylation sites (tertiary alicyclic amines) is 1. The Bertz CT molecular complexity index is 935. The Morgan fingerprint density at radius 1 is 1.25 bits per heavy atom. The highest BCUT2D eigenvalue weighted by Crippen LogP contribution is 2.35. The van der Waals surface area contributed by atoms with E-state index in [-0.39, 0.29) is 23.6 Å². The number of non-ortho nitro benzene ring substituents is 1. The Hall–Kier alpha value is -2.39. The summed E-state index contributed by atoms with van der Waals surface area (Å²) in [6.07, 6.45) is 3.92. The maximum Gasteiger partial charge on any atom is 0.269 e. The van der Waals surface area contributed by atoms with E-state index in [0.717, 1.165) is 49.3 Å². The van der Waals surface area contributed by atoms with Gasteiger partial charge >= 0.3 is 0 Å². The predicted octanol–water partition coefficient (Wildman–Crippen LogP) is 5.89. The first kappa shape index (κ1) is 25.9. The van der Waals surface area contributed by atoms with E-state index in [4.69, 9.17) is 0 Å². The van der Waals surface area contributed by atoms with Crippen molar-refractivity contribution in [2.24, 2.45) is 0 Å². The summed E-state index contributed by atoms with van der Waals surface area (Å²) in [6.45, 7) is 9.26. The van der Waals surface area contributed by atoms with Crippen molar-refractivity contribution in [3.63, 3.8) is 0 Å². The van der Waals surface area contributed by atoms with Crippen molar-refractivity contribution in [2.75, 3.05) is 13.1 Å². The first-order valence-corrected chi connectivity index (χ1v) is 12.2. The van der Waals surface area contributed by atoms with Gasteiger partial charge in [0.15, 0.2) is 0 Å². The monoisotopic (exact) mass is 521 g/mol. The second kappa shape index (κ2) is 12.6. The second-order valence-corrected chi connectivity index (χ2v) is 9.19. The largest absolute Gasteiger partial charge is 0.342 e. The van der Waals surface area contributed by atoms with Crippen LogP contribution in [0.15, 0.2) is 56.9 Å². The fraction of sp³-hybridized carbons (Fsp3) is 0.391. The van der Waals surface area contributed by atoms with Gasteiger partial charge in [0.2, 0.25) is 5.91 Å². The van der Waals surface area contributed by atoms with Crippen molar-refractivity contribution in [1.29, 1.82) is 0 Å². The predicted molar refractivity (Wildman–Crippen MR) is 132 cm³/mol. The van der Waals surface area contributed by atoms with Crippen molar-refractivity contribution in [3.8, 4) is 0 Å². The third-order valence-electron chi connectivity index (χ3n) is 5.22. The van der Waals surface area contributed by atoms with Crippen LogP contribution in [-0.4, -0.2) is 34.7 Å². The third kappa shape index (κ3) is 7.06. The lowest BCUT2D eigenvalue weighted by molar-refractivity contribution is -0.384. The summed E-state index contributed by atoms with van der Waals surface area (Å²) < 4.78 is 0.641. The molecule has 1 aromatic rings.